The molecule has 100 valence electrons. The summed E-state index contributed by atoms with van der Waals surface area (Å²) in [7, 11) is 0. The van der Waals surface area contributed by atoms with Gasteiger partial charge in [-0.15, -0.1) is 0 Å². The van der Waals surface area contributed by atoms with Crippen LogP contribution in [0.3, 0.4) is 0 Å². The summed E-state index contributed by atoms with van der Waals surface area (Å²) in [5.74, 6) is 0. The monoisotopic (exact) mass is 246 g/mol. The van der Waals surface area contributed by atoms with Crippen LogP contribution in [0.2, 0.25) is 0 Å². The molecule has 1 aliphatic rings. The zero-order chi connectivity index (χ0) is 12.8. The van der Waals surface area contributed by atoms with Crippen LogP contribution in [0.1, 0.15) is 44.6 Å². The molecule has 1 unspecified atom stereocenters. The number of rotatable bonds is 6. The minimum absolute atomic E-state index is 0.301. The fourth-order valence-corrected chi connectivity index (χ4v) is 2.84. The summed E-state index contributed by atoms with van der Waals surface area (Å²) in [5, 5.41) is 0. The molecule has 0 aromatic heterocycles. The Labute approximate surface area is 111 Å². The van der Waals surface area contributed by atoms with Crippen LogP contribution < -0.4 is 10.6 Å². The predicted octanol–water partition coefficient (Wildman–Crippen LogP) is 3.35. The minimum Gasteiger partial charge on any atom is -0.370 e. The Bertz CT molecular complexity index is 362. The first kappa shape index (κ1) is 13.4. The van der Waals surface area contributed by atoms with E-state index in [9.17, 15) is 0 Å². The summed E-state index contributed by atoms with van der Waals surface area (Å²) in [6.45, 7) is 4.44. The maximum Gasteiger partial charge on any atom is 0.0399 e. The van der Waals surface area contributed by atoms with Gasteiger partial charge in [-0.05, 0) is 24.5 Å². The number of anilines is 1. The molecule has 0 spiro atoms. The van der Waals surface area contributed by atoms with E-state index in [1.165, 1.54) is 43.4 Å². The highest BCUT2D eigenvalue weighted by atomic mass is 15.1. The topological polar surface area (TPSA) is 29.3 Å². The van der Waals surface area contributed by atoms with E-state index in [1.54, 1.807) is 0 Å². The molecule has 1 heterocycles. The molecule has 0 fully saturated rings. The molecule has 18 heavy (non-hydrogen) atoms. The number of fused-ring (bicyclic) bond motifs is 1. The summed E-state index contributed by atoms with van der Waals surface area (Å²) >= 11 is 0. The average molecular weight is 246 g/mol. The Morgan fingerprint density at radius 3 is 2.78 bits per heavy atom. The third-order valence-electron chi connectivity index (χ3n) is 3.80. The standard InChI is InChI=1S/C16H26N2/c1-2-3-4-5-8-11-18-13-15(17)12-14-9-6-7-10-16(14)18/h6-7,9-10,15H,2-5,8,11-13,17H2,1H3. The molecule has 2 rings (SSSR count). The summed E-state index contributed by atoms with van der Waals surface area (Å²) in [4.78, 5) is 2.48. The molecule has 1 aromatic carbocycles. The van der Waals surface area contributed by atoms with Crippen LogP contribution in [-0.2, 0) is 6.42 Å². The molecular formula is C16H26N2. The minimum atomic E-state index is 0.301. The Morgan fingerprint density at radius 1 is 1.17 bits per heavy atom. The SMILES string of the molecule is CCCCCCCN1CC(N)Cc2ccccc21. The fourth-order valence-electron chi connectivity index (χ4n) is 2.84. The lowest BCUT2D eigenvalue weighted by Crippen LogP contribution is -2.43. The van der Waals surface area contributed by atoms with Gasteiger partial charge in [0.15, 0.2) is 0 Å². The maximum atomic E-state index is 6.15. The molecule has 2 N–H and O–H groups in total. The van der Waals surface area contributed by atoms with Crippen LogP contribution in [-0.4, -0.2) is 19.1 Å². The van der Waals surface area contributed by atoms with Crippen LogP contribution in [0.5, 0.6) is 0 Å². The Kier molecular flexibility index (Phi) is 5.06. The molecule has 1 atom stereocenters. The number of nitrogens with two attached hydrogens (primary N) is 1. The van der Waals surface area contributed by atoms with Gasteiger partial charge in [0.25, 0.3) is 0 Å². The van der Waals surface area contributed by atoms with Gasteiger partial charge >= 0.3 is 0 Å². The van der Waals surface area contributed by atoms with Gasteiger partial charge in [-0.1, -0.05) is 50.8 Å². The Balaban J connectivity index is 1.88. The highest BCUT2D eigenvalue weighted by molar-refractivity contribution is 5.56. The Hall–Kier alpha value is -1.02. The van der Waals surface area contributed by atoms with Gasteiger partial charge in [0.2, 0.25) is 0 Å². The van der Waals surface area contributed by atoms with Crippen LogP contribution in [0, 0.1) is 0 Å². The smallest absolute Gasteiger partial charge is 0.0399 e. The van der Waals surface area contributed by atoms with E-state index in [1.807, 2.05) is 0 Å². The lowest BCUT2D eigenvalue weighted by molar-refractivity contribution is 0.567. The van der Waals surface area contributed by atoms with E-state index < -0.39 is 0 Å². The van der Waals surface area contributed by atoms with Gasteiger partial charge in [0.1, 0.15) is 0 Å². The highest BCUT2D eigenvalue weighted by Gasteiger charge is 2.20. The van der Waals surface area contributed by atoms with Crippen molar-refractivity contribution in [2.24, 2.45) is 5.73 Å². The fraction of sp³-hybridized carbons (Fsp3) is 0.625. The molecule has 2 heteroatoms. The van der Waals surface area contributed by atoms with Crippen molar-refractivity contribution in [2.45, 2.75) is 51.5 Å². The largest absolute Gasteiger partial charge is 0.370 e. The predicted molar refractivity (Wildman–Crippen MR) is 79.1 cm³/mol. The van der Waals surface area contributed by atoms with Crippen LogP contribution >= 0.6 is 0 Å². The second-order valence-corrected chi connectivity index (χ2v) is 5.45. The molecule has 1 aliphatic heterocycles. The number of hydrogen-bond donors (Lipinski definition) is 1. The van der Waals surface area contributed by atoms with E-state index >= 15 is 0 Å². The third-order valence-corrected chi connectivity index (χ3v) is 3.80. The molecule has 1 aromatic rings. The molecule has 0 amide bonds. The van der Waals surface area contributed by atoms with Gasteiger partial charge in [0.05, 0.1) is 0 Å². The van der Waals surface area contributed by atoms with Crippen molar-refractivity contribution in [2.75, 3.05) is 18.0 Å². The summed E-state index contributed by atoms with van der Waals surface area (Å²) in [5.41, 5.74) is 8.98. The van der Waals surface area contributed by atoms with Crippen molar-refractivity contribution >= 4 is 5.69 Å². The zero-order valence-corrected chi connectivity index (χ0v) is 11.6. The Morgan fingerprint density at radius 2 is 1.94 bits per heavy atom. The molecule has 2 nitrogen and oxygen atoms in total. The quantitative estimate of drug-likeness (QED) is 0.780. The first-order chi connectivity index (χ1) is 8.81. The molecule has 0 aliphatic carbocycles. The number of para-hydroxylation sites is 1. The van der Waals surface area contributed by atoms with Crippen molar-refractivity contribution in [3.05, 3.63) is 29.8 Å². The van der Waals surface area contributed by atoms with Gasteiger partial charge in [-0.25, -0.2) is 0 Å². The summed E-state index contributed by atoms with van der Waals surface area (Å²) in [6, 6.07) is 9.03. The van der Waals surface area contributed by atoms with Crippen molar-refractivity contribution in [1.82, 2.24) is 0 Å². The number of hydrogen-bond acceptors (Lipinski definition) is 2. The van der Waals surface area contributed by atoms with Crippen LogP contribution in [0.15, 0.2) is 24.3 Å². The van der Waals surface area contributed by atoms with E-state index in [0.29, 0.717) is 6.04 Å². The molecular weight excluding hydrogens is 220 g/mol. The zero-order valence-electron chi connectivity index (χ0n) is 11.6. The van der Waals surface area contributed by atoms with Gasteiger partial charge in [0, 0.05) is 24.8 Å². The molecule has 0 saturated heterocycles. The van der Waals surface area contributed by atoms with Gasteiger partial charge < -0.3 is 10.6 Å². The number of nitrogens with zero attached hydrogens (tertiary/aromatic N) is 1. The first-order valence-corrected chi connectivity index (χ1v) is 7.39. The maximum absolute atomic E-state index is 6.15. The molecule has 0 saturated carbocycles. The number of unbranched alkanes of at least 4 members (excludes halogenated alkanes) is 4. The highest BCUT2D eigenvalue weighted by Crippen LogP contribution is 2.26. The van der Waals surface area contributed by atoms with Crippen molar-refractivity contribution < 1.29 is 0 Å². The van der Waals surface area contributed by atoms with Crippen molar-refractivity contribution in [3.63, 3.8) is 0 Å². The van der Waals surface area contributed by atoms with E-state index in [-0.39, 0.29) is 0 Å². The van der Waals surface area contributed by atoms with Crippen LogP contribution in [0.25, 0.3) is 0 Å². The van der Waals surface area contributed by atoms with Crippen LogP contribution in [0.4, 0.5) is 5.69 Å². The van der Waals surface area contributed by atoms with E-state index in [0.717, 1.165) is 19.5 Å². The summed E-state index contributed by atoms with van der Waals surface area (Å²) in [6.07, 6.45) is 7.73. The van der Waals surface area contributed by atoms with Gasteiger partial charge in [-0.3, -0.25) is 0 Å². The summed E-state index contributed by atoms with van der Waals surface area (Å²) < 4.78 is 0. The normalized spacial score (nSPS) is 18.8. The van der Waals surface area contributed by atoms with E-state index in [4.69, 9.17) is 5.73 Å². The molecule has 0 radical (unpaired) electrons. The lowest BCUT2D eigenvalue weighted by atomic mass is 9.98. The third kappa shape index (κ3) is 3.49. The second-order valence-electron chi connectivity index (χ2n) is 5.45. The molecule has 0 bridgehead atoms. The average Bonchev–Trinajstić information content (AvgIpc) is 2.38. The van der Waals surface area contributed by atoms with Crippen molar-refractivity contribution in [1.29, 1.82) is 0 Å². The first-order valence-electron chi connectivity index (χ1n) is 7.39. The van der Waals surface area contributed by atoms with Crippen molar-refractivity contribution in [3.8, 4) is 0 Å². The lowest BCUT2D eigenvalue weighted by Gasteiger charge is -2.34. The van der Waals surface area contributed by atoms with Gasteiger partial charge in [-0.2, -0.15) is 0 Å². The van der Waals surface area contributed by atoms with E-state index in [2.05, 4.69) is 36.1 Å². The number of benzene rings is 1. The second kappa shape index (κ2) is 6.79.